The largest absolute Gasteiger partial charge is 0.333 e. The Balaban J connectivity index is 1.62. The van der Waals surface area contributed by atoms with Gasteiger partial charge in [0.25, 0.3) is 5.91 Å². The van der Waals surface area contributed by atoms with Crippen LogP contribution in [0.5, 0.6) is 0 Å². The second-order valence-electron chi connectivity index (χ2n) is 6.60. The summed E-state index contributed by atoms with van der Waals surface area (Å²) in [6, 6.07) is 18.9. The molecule has 2 aromatic carbocycles. The predicted octanol–water partition coefficient (Wildman–Crippen LogP) is 4.22. The van der Waals surface area contributed by atoms with Gasteiger partial charge in [0.1, 0.15) is 11.6 Å². The Bertz CT molecular complexity index is 1100. The van der Waals surface area contributed by atoms with Crippen LogP contribution in [-0.2, 0) is 17.8 Å². The summed E-state index contributed by atoms with van der Waals surface area (Å²) >= 11 is 6.12. The van der Waals surface area contributed by atoms with E-state index in [1.807, 2.05) is 60.7 Å². The Morgan fingerprint density at radius 3 is 2.79 bits per heavy atom. The van der Waals surface area contributed by atoms with Crippen molar-refractivity contribution in [1.82, 2.24) is 15.1 Å². The van der Waals surface area contributed by atoms with Crippen LogP contribution in [0.1, 0.15) is 16.8 Å². The molecule has 0 saturated carbocycles. The van der Waals surface area contributed by atoms with Gasteiger partial charge in [-0.15, -0.1) is 0 Å². The van der Waals surface area contributed by atoms with Crippen molar-refractivity contribution in [2.75, 3.05) is 6.54 Å². The number of rotatable bonds is 3. The van der Waals surface area contributed by atoms with Gasteiger partial charge < -0.3 is 4.90 Å². The topological polar surface area (TPSA) is 72.8 Å². The van der Waals surface area contributed by atoms with Crippen molar-refractivity contribution in [2.45, 2.75) is 13.0 Å². The van der Waals surface area contributed by atoms with Crippen molar-refractivity contribution in [1.29, 1.82) is 5.26 Å². The van der Waals surface area contributed by atoms with Crippen LogP contribution in [0.3, 0.4) is 0 Å². The molecule has 0 unspecified atom stereocenters. The van der Waals surface area contributed by atoms with Gasteiger partial charge in [-0.2, -0.15) is 10.4 Å². The summed E-state index contributed by atoms with van der Waals surface area (Å²) < 4.78 is 0. The Kier molecular flexibility index (Phi) is 4.96. The minimum atomic E-state index is -0.268. The predicted molar refractivity (Wildman–Crippen MR) is 108 cm³/mol. The number of nitrogens with one attached hydrogen (secondary N) is 1. The molecule has 3 aromatic rings. The van der Waals surface area contributed by atoms with Crippen molar-refractivity contribution in [3.63, 3.8) is 0 Å². The van der Waals surface area contributed by atoms with Gasteiger partial charge in [-0.1, -0.05) is 54.1 Å². The van der Waals surface area contributed by atoms with Crippen LogP contribution >= 0.6 is 11.6 Å². The van der Waals surface area contributed by atoms with Crippen molar-refractivity contribution in [2.24, 2.45) is 0 Å². The van der Waals surface area contributed by atoms with Gasteiger partial charge in [-0.25, -0.2) is 0 Å². The lowest BCUT2D eigenvalue weighted by Gasteiger charge is -2.27. The first-order valence-corrected chi connectivity index (χ1v) is 9.31. The number of amides is 1. The minimum absolute atomic E-state index is 0.127. The lowest BCUT2D eigenvalue weighted by molar-refractivity contribution is -0.127. The second kappa shape index (κ2) is 7.71. The molecule has 0 spiro atoms. The molecule has 138 valence electrons. The summed E-state index contributed by atoms with van der Waals surface area (Å²) in [6.45, 7) is 0.942. The normalized spacial score (nSPS) is 13.7. The average molecular weight is 389 g/mol. The summed E-state index contributed by atoms with van der Waals surface area (Å²) in [4.78, 5) is 14.6. The third-order valence-electron chi connectivity index (χ3n) is 4.78. The van der Waals surface area contributed by atoms with Gasteiger partial charge >= 0.3 is 0 Å². The highest BCUT2D eigenvalue weighted by Crippen LogP contribution is 2.30. The number of aromatic nitrogens is 2. The average Bonchev–Trinajstić information content (AvgIpc) is 3.15. The van der Waals surface area contributed by atoms with Gasteiger partial charge in [0.15, 0.2) is 0 Å². The molecular formula is C22H17ClN4O. The van der Waals surface area contributed by atoms with E-state index in [1.54, 1.807) is 11.0 Å². The molecule has 0 aliphatic carbocycles. The SMILES string of the molecule is N#C/C(=C\c1ccccc1)C(=O)N1CCc2[nH]nc(-c3cccc(Cl)c3)c2C1. The molecule has 28 heavy (non-hydrogen) atoms. The van der Waals surface area contributed by atoms with Gasteiger partial charge in [0, 0.05) is 41.4 Å². The lowest BCUT2D eigenvalue weighted by atomic mass is 10.00. The van der Waals surface area contributed by atoms with E-state index in [0.717, 1.165) is 28.1 Å². The fourth-order valence-corrected chi connectivity index (χ4v) is 3.56. The number of nitrogens with zero attached hydrogens (tertiary/aromatic N) is 3. The number of carbonyl (C=O) groups excluding carboxylic acids is 1. The number of H-pyrrole nitrogens is 1. The third-order valence-corrected chi connectivity index (χ3v) is 5.02. The standard InChI is InChI=1S/C22H17ClN4O/c23-18-8-4-7-16(12-18)21-19-14-27(10-9-20(19)25-26-21)22(28)17(13-24)11-15-5-2-1-3-6-15/h1-8,11-12H,9-10,14H2,(H,25,26)/b17-11+. The summed E-state index contributed by atoms with van der Waals surface area (Å²) in [5.74, 6) is -0.268. The first-order valence-electron chi connectivity index (χ1n) is 8.94. The van der Waals surface area contributed by atoms with Crippen molar-refractivity contribution < 1.29 is 4.79 Å². The summed E-state index contributed by atoms with van der Waals surface area (Å²) in [5.41, 5.74) is 4.64. The van der Waals surface area contributed by atoms with Crippen LogP contribution in [-0.4, -0.2) is 27.5 Å². The number of fused-ring (bicyclic) bond motifs is 1. The highest BCUT2D eigenvalue weighted by Gasteiger charge is 2.27. The molecule has 4 rings (SSSR count). The minimum Gasteiger partial charge on any atom is -0.333 e. The Morgan fingerprint density at radius 1 is 1.21 bits per heavy atom. The molecule has 6 heteroatoms. The number of halogens is 1. The zero-order valence-electron chi connectivity index (χ0n) is 15.0. The zero-order chi connectivity index (χ0) is 19.5. The van der Waals surface area contributed by atoms with E-state index in [0.29, 0.717) is 24.5 Å². The maximum Gasteiger partial charge on any atom is 0.264 e. The number of aromatic amines is 1. The van der Waals surface area contributed by atoms with Crippen LogP contribution in [0.15, 0.2) is 60.2 Å². The zero-order valence-corrected chi connectivity index (χ0v) is 15.8. The fraction of sp³-hybridized carbons (Fsp3) is 0.136. The van der Waals surface area contributed by atoms with E-state index < -0.39 is 0 Å². The Hall–Kier alpha value is -3.36. The molecular weight excluding hydrogens is 372 g/mol. The van der Waals surface area contributed by atoms with Crippen LogP contribution in [0.4, 0.5) is 0 Å². The molecule has 0 radical (unpaired) electrons. The molecule has 1 aliphatic heterocycles. The molecule has 1 aliphatic rings. The molecule has 2 heterocycles. The maximum atomic E-state index is 13.0. The smallest absolute Gasteiger partial charge is 0.264 e. The number of benzene rings is 2. The third kappa shape index (κ3) is 3.55. The number of hydrogen-bond acceptors (Lipinski definition) is 3. The highest BCUT2D eigenvalue weighted by atomic mass is 35.5. The van der Waals surface area contributed by atoms with Gasteiger partial charge in [-0.05, 0) is 23.8 Å². The summed E-state index contributed by atoms with van der Waals surface area (Å²) in [5, 5.41) is 17.7. The van der Waals surface area contributed by atoms with E-state index in [9.17, 15) is 10.1 Å². The molecule has 1 amide bonds. The van der Waals surface area contributed by atoms with E-state index in [4.69, 9.17) is 11.6 Å². The molecule has 0 fully saturated rings. The molecule has 0 atom stereocenters. The second-order valence-corrected chi connectivity index (χ2v) is 7.03. The van der Waals surface area contributed by atoms with Crippen molar-refractivity contribution >= 4 is 23.6 Å². The molecule has 0 saturated heterocycles. The number of nitriles is 1. The maximum absolute atomic E-state index is 13.0. The molecule has 5 nitrogen and oxygen atoms in total. The first kappa shape index (κ1) is 18.0. The van der Waals surface area contributed by atoms with Crippen LogP contribution < -0.4 is 0 Å². The molecule has 0 bridgehead atoms. The van der Waals surface area contributed by atoms with Gasteiger partial charge in [0.05, 0.1) is 5.69 Å². The van der Waals surface area contributed by atoms with Crippen molar-refractivity contribution in [3.05, 3.63) is 82.0 Å². The summed E-state index contributed by atoms with van der Waals surface area (Å²) in [7, 11) is 0. The number of hydrogen-bond donors (Lipinski definition) is 1. The Labute approximate surface area is 167 Å². The lowest BCUT2D eigenvalue weighted by Crippen LogP contribution is -2.36. The summed E-state index contributed by atoms with van der Waals surface area (Å²) in [6.07, 6.45) is 2.30. The van der Waals surface area contributed by atoms with E-state index in [-0.39, 0.29) is 11.5 Å². The molecule has 1 N–H and O–H groups in total. The van der Waals surface area contributed by atoms with Crippen LogP contribution in [0.25, 0.3) is 17.3 Å². The Morgan fingerprint density at radius 2 is 2.04 bits per heavy atom. The van der Waals surface area contributed by atoms with Crippen LogP contribution in [0.2, 0.25) is 5.02 Å². The number of carbonyl (C=O) groups is 1. The van der Waals surface area contributed by atoms with Gasteiger partial charge in [0.2, 0.25) is 0 Å². The van der Waals surface area contributed by atoms with E-state index in [1.165, 1.54) is 0 Å². The van der Waals surface area contributed by atoms with Crippen LogP contribution in [0, 0.1) is 11.3 Å². The van der Waals surface area contributed by atoms with E-state index >= 15 is 0 Å². The van der Waals surface area contributed by atoms with E-state index in [2.05, 4.69) is 10.2 Å². The highest BCUT2D eigenvalue weighted by molar-refractivity contribution is 6.30. The monoisotopic (exact) mass is 388 g/mol. The van der Waals surface area contributed by atoms with Crippen molar-refractivity contribution in [3.8, 4) is 17.3 Å². The quantitative estimate of drug-likeness (QED) is 0.539. The van der Waals surface area contributed by atoms with Gasteiger partial charge in [-0.3, -0.25) is 9.89 Å². The molecule has 1 aromatic heterocycles. The first-order chi connectivity index (χ1) is 13.7. The fourth-order valence-electron chi connectivity index (χ4n) is 3.37.